The summed E-state index contributed by atoms with van der Waals surface area (Å²) < 4.78 is 28.9. The molecule has 1 aromatic heterocycles. The fourth-order valence-electron chi connectivity index (χ4n) is 3.44. The van der Waals surface area contributed by atoms with E-state index in [1.54, 1.807) is 0 Å². The molecule has 1 unspecified atom stereocenters. The van der Waals surface area contributed by atoms with Crippen LogP contribution in [0.1, 0.15) is 25.3 Å². The minimum absolute atomic E-state index is 0.262. The Balaban J connectivity index is 1.58. The van der Waals surface area contributed by atoms with Crippen molar-refractivity contribution in [3.63, 3.8) is 0 Å². The number of hydrogen-bond donors (Lipinski definition) is 2. The maximum atomic E-state index is 13.8. The SMILES string of the molecule is CCNC(=NCCc1cc(F)ccc1F)NC1CCCN(c2cnn(C)c2)C1. The average Bonchev–Trinajstić information content (AvgIpc) is 3.11. The van der Waals surface area contributed by atoms with Gasteiger partial charge in [-0.25, -0.2) is 8.78 Å². The van der Waals surface area contributed by atoms with Gasteiger partial charge < -0.3 is 15.5 Å². The molecule has 0 bridgehead atoms. The standard InChI is InChI=1S/C20H28F2N6/c1-3-23-20(24-9-8-15-11-16(21)6-7-19(15)22)26-17-5-4-10-28(13-17)18-12-25-27(2)14-18/h6-7,11-12,14,17H,3-5,8-10,13H2,1-2H3,(H2,23,24,26). The molecular formula is C20H28F2N6. The molecule has 2 heterocycles. The third-order valence-electron chi connectivity index (χ3n) is 4.82. The monoisotopic (exact) mass is 390 g/mol. The Kier molecular flexibility index (Phi) is 6.84. The van der Waals surface area contributed by atoms with E-state index in [2.05, 4.69) is 25.6 Å². The summed E-state index contributed by atoms with van der Waals surface area (Å²) in [6.07, 6.45) is 6.40. The summed E-state index contributed by atoms with van der Waals surface area (Å²) in [7, 11) is 1.92. The number of nitrogens with one attached hydrogen (secondary N) is 2. The molecule has 152 valence electrons. The van der Waals surface area contributed by atoms with Crippen LogP contribution < -0.4 is 15.5 Å². The highest BCUT2D eigenvalue weighted by Crippen LogP contribution is 2.19. The van der Waals surface area contributed by atoms with Crippen LogP contribution in [-0.4, -0.2) is 48.0 Å². The van der Waals surface area contributed by atoms with E-state index in [0.29, 0.717) is 24.5 Å². The minimum atomic E-state index is -0.428. The smallest absolute Gasteiger partial charge is 0.191 e. The highest BCUT2D eigenvalue weighted by Gasteiger charge is 2.21. The van der Waals surface area contributed by atoms with Crippen molar-refractivity contribution in [3.05, 3.63) is 47.8 Å². The van der Waals surface area contributed by atoms with Crippen LogP contribution >= 0.6 is 0 Å². The zero-order valence-electron chi connectivity index (χ0n) is 16.5. The molecule has 6 nitrogen and oxygen atoms in total. The van der Waals surface area contributed by atoms with Crippen molar-refractivity contribution in [1.29, 1.82) is 0 Å². The van der Waals surface area contributed by atoms with E-state index in [9.17, 15) is 8.78 Å². The van der Waals surface area contributed by atoms with Crippen LogP contribution in [0.15, 0.2) is 35.6 Å². The van der Waals surface area contributed by atoms with Gasteiger partial charge in [-0.05, 0) is 49.9 Å². The van der Waals surface area contributed by atoms with Crippen molar-refractivity contribution in [3.8, 4) is 0 Å². The summed E-state index contributed by atoms with van der Waals surface area (Å²) in [6.45, 7) is 5.01. The average molecular weight is 390 g/mol. The summed E-state index contributed by atoms with van der Waals surface area (Å²) in [4.78, 5) is 6.87. The van der Waals surface area contributed by atoms with Gasteiger partial charge in [-0.1, -0.05) is 0 Å². The molecule has 0 spiro atoms. The zero-order valence-corrected chi connectivity index (χ0v) is 16.5. The Morgan fingerprint density at radius 3 is 2.96 bits per heavy atom. The number of benzene rings is 1. The minimum Gasteiger partial charge on any atom is -0.367 e. The van der Waals surface area contributed by atoms with Gasteiger partial charge in [-0.2, -0.15) is 5.10 Å². The zero-order chi connectivity index (χ0) is 19.9. The third-order valence-corrected chi connectivity index (χ3v) is 4.82. The molecule has 0 radical (unpaired) electrons. The number of anilines is 1. The van der Waals surface area contributed by atoms with Crippen molar-refractivity contribution < 1.29 is 8.78 Å². The first-order chi connectivity index (χ1) is 13.5. The quantitative estimate of drug-likeness (QED) is 0.588. The summed E-state index contributed by atoms with van der Waals surface area (Å²) in [5.41, 5.74) is 1.47. The molecule has 0 saturated carbocycles. The molecule has 1 aromatic carbocycles. The number of hydrogen-bond acceptors (Lipinski definition) is 3. The molecule has 1 atom stereocenters. The largest absolute Gasteiger partial charge is 0.367 e. The number of aromatic nitrogens is 2. The van der Waals surface area contributed by atoms with E-state index in [1.165, 1.54) is 6.07 Å². The van der Waals surface area contributed by atoms with Crippen LogP contribution in [0, 0.1) is 11.6 Å². The molecule has 28 heavy (non-hydrogen) atoms. The molecule has 1 fully saturated rings. The maximum Gasteiger partial charge on any atom is 0.191 e. The molecule has 2 N–H and O–H groups in total. The second kappa shape index (κ2) is 9.52. The number of nitrogens with zero attached hydrogens (tertiary/aromatic N) is 4. The predicted molar refractivity (Wildman–Crippen MR) is 108 cm³/mol. The van der Waals surface area contributed by atoms with Crippen molar-refractivity contribution in [2.45, 2.75) is 32.2 Å². The van der Waals surface area contributed by atoms with Crippen molar-refractivity contribution in [2.24, 2.45) is 12.0 Å². The van der Waals surface area contributed by atoms with Crippen LogP contribution in [0.5, 0.6) is 0 Å². The van der Waals surface area contributed by atoms with Crippen LogP contribution in [0.3, 0.4) is 0 Å². The second-order valence-corrected chi connectivity index (χ2v) is 7.05. The lowest BCUT2D eigenvalue weighted by Crippen LogP contribution is -2.51. The van der Waals surface area contributed by atoms with Gasteiger partial charge >= 0.3 is 0 Å². The fourth-order valence-corrected chi connectivity index (χ4v) is 3.44. The lowest BCUT2D eigenvalue weighted by Gasteiger charge is -2.34. The van der Waals surface area contributed by atoms with Crippen molar-refractivity contribution in [2.75, 3.05) is 31.1 Å². The summed E-state index contributed by atoms with van der Waals surface area (Å²) in [5, 5.41) is 11.0. The van der Waals surface area contributed by atoms with E-state index in [0.717, 1.165) is 50.3 Å². The van der Waals surface area contributed by atoms with Crippen LogP contribution in [0.4, 0.5) is 14.5 Å². The Morgan fingerprint density at radius 1 is 1.36 bits per heavy atom. The van der Waals surface area contributed by atoms with Crippen molar-refractivity contribution >= 4 is 11.6 Å². The number of guanidine groups is 1. The number of piperidine rings is 1. The van der Waals surface area contributed by atoms with Gasteiger partial charge in [-0.3, -0.25) is 9.67 Å². The topological polar surface area (TPSA) is 57.5 Å². The van der Waals surface area contributed by atoms with Gasteiger partial charge in [0.2, 0.25) is 0 Å². The Morgan fingerprint density at radius 2 is 2.21 bits per heavy atom. The Labute approximate surface area is 164 Å². The molecular weight excluding hydrogens is 362 g/mol. The van der Waals surface area contributed by atoms with E-state index in [1.807, 2.05) is 31.0 Å². The maximum absolute atomic E-state index is 13.8. The van der Waals surface area contributed by atoms with Crippen molar-refractivity contribution in [1.82, 2.24) is 20.4 Å². The summed E-state index contributed by atoms with van der Waals surface area (Å²) in [5.74, 6) is -0.116. The number of aryl methyl sites for hydroxylation is 1. The first-order valence-corrected chi connectivity index (χ1v) is 9.77. The summed E-state index contributed by atoms with van der Waals surface area (Å²) in [6, 6.07) is 3.79. The van der Waals surface area contributed by atoms with E-state index >= 15 is 0 Å². The lowest BCUT2D eigenvalue weighted by molar-refractivity contribution is 0.468. The van der Waals surface area contributed by atoms with Crippen LogP contribution in [0.25, 0.3) is 0 Å². The first kappa shape index (κ1) is 20.1. The third kappa shape index (κ3) is 5.43. The van der Waals surface area contributed by atoms with Gasteiger partial charge in [0.1, 0.15) is 11.6 Å². The number of halogens is 2. The molecule has 0 amide bonds. The molecule has 2 aromatic rings. The predicted octanol–water partition coefficient (Wildman–Crippen LogP) is 2.46. The molecule has 1 aliphatic rings. The van der Waals surface area contributed by atoms with E-state index in [-0.39, 0.29) is 6.04 Å². The Hall–Kier alpha value is -2.64. The number of aliphatic imine (C=N–C) groups is 1. The van der Waals surface area contributed by atoms with Gasteiger partial charge in [0.25, 0.3) is 0 Å². The molecule has 3 rings (SSSR count). The lowest BCUT2D eigenvalue weighted by atomic mass is 10.1. The second-order valence-electron chi connectivity index (χ2n) is 7.05. The Bertz CT molecular complexity index is 804. The van der Waals surface area contributed by atoms with Gasteiger partial charge in [0.15, 0.2) is 5.96 Å². The number of rotatable bonds is 6. The fraction of sp³-hybridized carbons (Fsp3) is 0.500. The molecule has 1 aliphatic heterocycles. The van der Waals surface area contributed by atoms with Gasteiger partial charge in [-0.15, -0.1) is 0 Å². The van der Waals surface area contributed by atoms with Crippen LogP contribution in [-0.2, 0) is 13.5 Å². The van der Waals surface area contributed by atoms with Crippen LogP contribution in [0.2, 0.25) is 0 Å². The first-order valence-electron chi connectivity index (χ1n) is 9.77. The molecule has 0 aliphatic carbocycles. The van der Waals surface area contributed by atoms with E-state index < -0.39 is 11.6 Å². The normalized spacial score (nSPS) is 17.6. The summed E-state index contributed by atoms with van der Waals surface area (Å²) >= 11 is 0. The van der Waals surface area contributed by atoms with Gasteiger partial charge in [0, 0.05) is 45.5 Å². The highest BCUT2D eigenvalue weighted by atomic mass is 19.1. The van der Waals surface area contributed by atoms with E-state index in [4.69, 9.17) is 0 Å². The molecule has 8 heteroatoms. The molecule has 1 saturated heterocycles. The highest BCUT2D eigenvalue weighted by molar-refractivity contribution is 5.80. The van der Waals surface area contributed by atoms with Gasteiger partial charge in [0.05, 0.1) is 11.9 Å².